The zero-order valence-electron chi connectivity index (χ0n) is 24.2. The Morgan fingerprint density at radius 3 is 2.64 bits per heavy atom. The highest BCUT2D eigenvalue weighted by atomic mass is 35.5. The first-order valence-corrected chi connectivity index (χ1v) is 14.7. The average molecular weight is 632 g/mol. The van der Waals surface area contributed by atoms with Gasteiger partial charge >= 0.3 is 0 Å². The van der Waals surface area contributed by atoms with Crippen LogP contribution in [-0.4, -0.2) is 60.9 Å². The van der Waals surface area contributed by atoms with E-state index >= 15 is 4.39 Å². The van der Waals surface area contributed by atoms with Crippen LogP contribution in [0.15, 0.2) is 60.0 Å². The van der Waals surface area contributed by atoms with Gasteiger partial charge in [0, 0.05) is 30.8 Å². The van der Waals surface area contributed by atoms with Crippen LogP contribution in [0.3, 0.4) is 0 Å². The number of benzene rings is 1. The van der Waals surface area contributed by atoms with Crippen molar-refractivity contribution >= 4 is 50.5 Å². The first-order chi connectivity index (χ1) is 21.0. The molecule has 1 aliphatic heterocycles. The van der Waals surface area contributed by atoms with Crippen LogP contribution in [-0.2, 0) is 11.8 Å². The number of halogens is 3. The van der Waals surface area contributed by atoms with E-state index in [0.717, 1.165) is 5.56 Å². The molecule has 16 heteroatoms. The number of hydrogen-bond donors (Lipinski definition) is 1. The second kappa shape index (κ2) is 11.7. The van der Waals surface area contributed by atoms with Crippen LogP contribution in [0.1, 0.15) is 25.1 Å². The van der Waals surface area contributed by atoms with Gasteiger partial charge in [-0.05, 0) is 30.7 Å². The van der Waals surface area contributed by atoms with Gasteiger partial charge in [0.15, 0.2) is 11.0 Å². The predicted octanol–water partition coefficient (Wildman–Crippen LogP) is 3.14. The van der Waals surface area contributed by atoms with E-state index in [1.54, 1.807) is 30.2 Å². The van der Waals surface area contributed by atoms with E-state index in [0.29, 0.717) is 23.5 Å². The first kappa shape index (κ1) is 29.8. The number of rotatable bonds is 3. The van der Waals surface area contributed by atoms with Crippen molar-refractivity contribution in [2.75, 3.05) is 5.32 Å². The van der Waals surface area contributed by atoms with E-state index in [-0.39, 0.29) is 50.6 Å². The van der Waals surface area contributed by atoms with Gasteiger partial charge in [0.2, 0.25) is 5.91 Å². The highest BCUT2D eigenvalue weighted by Gasteiger charge is 2.31. The van der Waals surface area contributed by atoms with Crippen molar-refractivity contribution in [2.45, 2.75) is 31.0 Å². The number of hydrogen-bond acceptors (Lipinski definition) is 7. The third-order valence-corrected chi connectivity index (χ3v) is 8.97. The number of nitrogens with zero attached hydrogens (tertiary/aromatic N) is 8. The van der Waals surface area contributed by atoms with Gasteiger partial charge in [-0.25, -0.2) is 14.1 Å². The van der Waals surface area contributed by atoms with Gasteiger partial charge < -0.3 is 5.32 Å². The molecule has 222 valence electrons. The summed E-state index contributed by atoms with van der Waals surface area (Å²) in [4.78, 5) is 36.3. The molecule has 0 fully saturated rings. The summed E-state index contributed by atoms with van der Waals surface area (Å²) < 4.78 is 20.0. The Morgan fingerprint density at radius 2 is 1.91 bits per heavy atom. The van der Waals surface area contributed by atoms with Crippen LogP contribution in [0, 0.1) is 11.7 Å². The molecule has 0 radical (unpaired) electrons. The van der Waals surface area contributed by atoms with Gasteiger partial charge in [-0.1, -0.05) is 47.0 Å². The van der Waals surface area contributed by atoms with Crippen molar-refractivity contribution in [1.82, 2.24) is 39.3 Å². The van der Waals surface area contributed by atoms with Crippen molar-refractivity contribution in [2.24, 2.45) is 13.0 Å². The Kier molecular flexibility index (Phi) is 7.89. The van der Waals surface area contributed by atoms with Crippen LogP contribution in [0.4, 0.5) is 10.1 Å². The number of fused-ring (bicyclic) bond motifs is 4. The lowest BCUT2D eigenvalue weighted by atomic mass is 9.59. The van der Waals surface area contributed by atoms with Gasteiger partial charge in [-0.15, -0.1) is 5.10 Å². The molecule has 0 aliphatic carbocycles. The number of nitrogens with one attached hydrogen (secondary N) is 1. The smallest absolute Gasteiger partial charge is 0.254 e. The van der Waals surface area contributed by atoms with Crippen molar-refractivity contribution in [3.63, 3.8) is 0 Å². The van der Waals surface area contributed by atoms with Crippen LogP contribution in [0.2, 0.25) is 21.8 Å². The molecule has 1 amide bonds. The summed E-state index contributed by atoms with van der Waals surface area (Å²) in [5.74, 6) is -1.24. The molecule has 2 bridgehead atoms. The number of aryl methyl sites for hydroxylation is 1. The molecule has 5 heterocycles. The van der Waals surface area contributed by atoms with Crippen molar-refractivity contribution < 1.29 is 9.18 Å². The standard InChI is InChI=1S/C28H26B2Cl2FN9O2/c1-13-25(30)15(29)8-21(17-7-14(5-6-34-17)27-19(37-28(13)44)10-36-40(27)2)41-12-35-18(9-23(41)43)24-20(4-3-16(31)26(24)33)42-11-22(32)38-39-42/h3-7,9-13,15,21,25H,8,29-30H2,1-2H3,(H,37,44)/t13-,15?,21+,25?/m1/s1. The maximum atomic E-state index is 15.5. The number of carbonyl (C=O) groups is 1. The molecule has 1 N–H and O–H groups in total. The summed E-state index contributed by atoms with van der Waals surface area (Å²) in [6, 6.07) is 7.38. The molecule has 11 nitrogen and oxygen atoms in total. The van der Waals surface area contributed by atoms with Crippen LogP contribution >= 0.6 is 23.2 Å². The zero-order chi connectivity index (χ0) is 31.3. The molecular weight excluding hydrogens is 606 g/mol. The van der Waals surface area contributed by atoms with Crippen LogP contribution < -0.4 is 10.9 Å². The minimum absolute atomic E-state index is 0.000353. The minimum Gasteiger partial charge on any atom is -0.323 e. The molecule has 1 aromatic carbocycles. The fourth-order valence-corrected chi connectivity index (χ4v) is 5.97. The summed E-state index contributed by atoms with van der Waals surface area (Å²) in [5, 5.41) is 15.1. The van der Waals surface area contributed by atoms with E-state index in [1.807, 2.05) is 26.9 Å². The number of amides is 1. The molecule has 44 heavy (non-hydrogen) atoms. The topological polar surface area (TPSA) is 125 Å². The number of pyridine rings is 1. The third kappa shape index (κ3) is 5.32. The quantitative estimate of drug-likeness (QED) is 0.303. The summed E-state index contributed by atoms with van der Waals surface area (Å²) >= 11 is 12.1. The van der Waals surface area contributed by atoms with E-state index in [4.69, 9.17) is 23.2 Å². The number of carbonyl (C=O) groups excluding carboxylic acids is 1. The number of anilines is 1. The van der Waals surface area contributed by atoms with E-state index in [2.05, 4.69) is 38.5 Å². The average Bonchev–Trinajstić information content (AvgIpc) is 3.60. The SMILES string of the molecule is BC1C[C@H](n2cnc(-c3c(-n4cc(Cl)nn4)ccc(Cl)c3F)cc2=O)c2cc(ccn2)-c2c(cnn2C)NC(=O)[C@H](C)C1B. The lowest BCUT2D eigenvalue weighted by Gasteiger charge is -2.30. The summed E-state index contributed by atoms with van der Waals surface area (Å²) in [6.07, 6.45) is 6.59. The Bertz CT molecular complexity index is 1960. The molecule has 5 aromatic rings. The minimum atomic E-state index is -0.762. The normalized spacial score (nSPS) is 20.3. The maximum absolute atomic E-state index is 15.5. The van der Waals surface area contributed by atoms with E-state index in [1.165, 1.54) is 33.9 Å². The molecule has 1 aliphatic rings. The summed E-state index contributed by atoms with van der Waals surface area (Å²) in [7, 11) is 5.87. The monoisotopic (exact) mass is 631 g/mol. The maximum Gasteiger partial charge on any atom is 0.254 e. The van der Waals surface area contributed by atoms with Gasteiger partial charge in [-0.2, -0.15) is 5.10 Å². The zero-order valence-corrected chi connectivity index (χ0v) is 25.8. The lowest BCUT2D eigenvalue weighted by Crippen LogP contribution is -2.31. The Labute approximate surface area is 263 Å². The molecule has 0 saturated carbocycles. The molecule has 0 saturated heterocycles. The lowest BCUT2D eigenvalue weighted by molar-refractivity contribution is -0.119. The largest absolute Gasteiger partial charge is 0.323 e. The molecular formula is C28H26B2Cl2FN9O2. The highest BCUT2D eigenvalue weighted by Crippen LogP contribution is 2.39. The second-order valence-electron chi connectivity index (χ2n) is 11.1. The van der Waals surface area contributed by atoms with Gasteiger partial charge in [-0.3, -0.25) is 23.8 Å². The van der Waals surface area contributed by atoms with Gasteiger partial charge in [0.1, 0.15) is 15.7 Å². The highest BCUT2D eigenvalue weighted by molar-refractivity contribution is 6.31. The molecule has 6 rings (SSSR count). The van der Waals surface area contributed by atoms with Crippen molar-refractivity contribution in [3.05, 3.63) is 87.3 Å². The van der Waals surface area contributed by atoms with Gasteiger partial charge in [0.05, 0.1) is 63.8 Å². The molecule has 4 atom stereocenters. The predicted molar refractivity (Wildman–Crippen MR) is 170 cm³/mol. The Balaban J connectivity index is 1.49. The second-order valence-corrected chi connectivity index (χ2v) is 11.9. The van der Waals surface area contributed by atoms with Crippen molar-refractivity contribution in [1.29, 1.82) is 0 Å². The number of aromatic nitrogens is 8. The van der Waals surface area contributed by atoms with E-state index in [9.17, 15) is 9.59 Å². The summed E-state index contributed by atoms with van der Waals surface area (Å²) in [5.41, 5.74) is 2.60. The van der Waals surface area contributed by atoms with Crippen LogP contribution in [0.5, 0.6) is 0 Å². The fourth-order valence-electron chi connectivity index (χ4n) is 5.69. The van der Waals surface area contributed by atoms with E-state index < -0.39 is 17.4 Å². The molecule has 2 unspecified atom stereocenters. The first-order valence-electron chi connectivity index (χ1n) is 14.0. The fraction of sp³-hybridized carbons (Fsp3) is 0.250. The van der Waals surface area contributed by atoms with Crippen molar-refractivity contribution in [3.8, 4) is 28.2 Å². The van der Waals surface area contributed by atoms with Gasteiger partial charge in [0.25, 0.3) is 5.56 Å². The van der Waals surface area contributed by atoms with Crippen LogP contribution in [0.25, 0.3) is 28.2 Å². The summed E-state index contributed by atoms with van der Waals surface area (Å²) in [6.45, 7) is 1.90. The Hall–Kier alpha value is -4.29. The Morgan fingerprint density at radius 1 is 1.11 bits per heavy atom. The third-order valence-electron chi connectivity index (χ3n) is 8.50. The molecule has 4 aromatic heterocycles. The molecule has 0 spiro atoms.